The van der Waals surface area contributed by atoms with E-state index in [-0.39, 0.29) is 11.5 Å². The smallest absolute Gasteiger partial charge is 0.273 e. The van der Waals surface area contributed by atoms with Crippen LogP contribution < -0.4 is 4.74 Å². The van der Waals surface area contributed by atoms with Gasteiger partial charge in [-0.1, -0.05) is 48.5 Å². The summed E-state index contributed by atoms with van der Waals surface area (Å²) in [6.07, 6.45) is 2.55. The van der Waals surface area contributed by atoms with E-state index in [9.17, 15) is 14.9 Å². The van der Waals surface area contributed by atoms with Crippen LogP contribution in [-0.4, -0.2) is 10.7 Å². The summed E-state index contributed by atoms with van der Waals surface area (Å²) < 4.78 is 5.30. The molecule has 118 valence electrons. The minimum absolute atomic E-state index is 0.0683. The van der Waals surface area contributed by atoms with Crippen LogP contribution in [0.25, 0.3) is 10.8 Å². The van der Waals surface area contributed by atoms with E-state index in [2.05, 4.69) is 0 Å². The van der Waals surface area contributed by atoms with Gasteiger partial charge in [-0.05, 0) is 16.8 Å². The molecule has 0 saturated heterocycles. The molecule has 24 heavy (non-hydrogen) atoms. The molecule has 5 heteroatoms. The number of rotatable bonds is 5. The maximum absolute atomic E-state index is 12.3. The molecule has 0 aliphatic carbocycles. The van der Waals surface area contributed by atoms with Gasteiger partial charge >= 0.3 is 0 Å². The summed E-state index contributed by atoms with van der Waals surface area (Å²) in [5, 5.41) is 12.6. The van der Waals surface area contributed by atoms with Gasteiger partial charge in [0.1, 0.15) is 5.75 Å². The molecule has 3 rings (SSSR count). The van der Waals surface area contributed by atoms with Crippen LogP contribution in [0.3, 0.4) is 0 Å². The Morgan fingerprint density at radius 3 is 2.58 bits per heavy atom. The van der Waals surface area contributed by atoms with Gasteiger partial charge in [0.15, 0.2) is 5.78 Å². The monoisotopic (exact) mass is 319 g/mol. The van der Waals surface area contributed by atoms with E-state index in [1.807, 2.05) is 36.4 Å². The summed E-state index contributed by atoms with van der Waals surface area (Å²) in [6, 6.07) is 18.9. The van der Waals surface area contributed by atoms with Gasteiger partial charge in [0.25, 0.3) is 5.69 Å². The molecule has 0 radical (unpaired) electrons. The Bertz CT molecular complexity index is 942. The lowest BCUT2D eigenvalue weighted by Gasteiger charge is -2.03. The zero-order valence-corrected chi connectivity index (χ0v) is 12.6. The lowest BCUT2D eigenvalue weighted by molar-refractivity contribution is -0.384. The first kappa shape index (κ1) is 15.4. The number of ketones is 1. The second kappa shape index (κ2) is 6.75. The van der Waals surface area contributed by atoms with Crippen molar-refractivity contribution in [2.24, 2.45) is 0 Å². The molecule has 3 aromatic carbocycles. The number of carbonyl (C=O) groups excluding carboxylic acids is 1. The highest BCUT2D eigenvalue weighted by molar-refractivity contribution is 6.13. The van der Waals surface area contributed by atoms with Crippen LogP contribution in [0.5, 0.6) is 5.75 Å². The van der Waals surface area contributed by atoms with Crippen molar-refractivity contribution in [2.75, 3.05) is 0 Å². The molecule has 3 aromatic rings. The molecule has 0 bridgehead atoms. The molecule has 0 aromatic heterocycles. The number of benzene rings is 3. The maximum atomic E-state index is 12.3. The molecule has 0 atom stereocenters. The van der Waals surface area contributed by atoms with E-state index in [1.54, 1.807) is 12.1 Å². The van der Waals surface area contributed by atoms with Crippen molar-refractivity contribution in [3.05, 3.63) is 94.7 Å². The Morgan fingerprint density at radius 2 is 1.75 bits per heavy atom. The predicted molar refractivity (Wildman–Crippen MR) is 91.1 cm³/mol. The summed E-state index contributed by atoms with van der Waals surface area (Å²) in [6.45, 7) is 0. The number of nitro groups is 1. The van der Waals surface area contributed by atoms with Gasteiger partial charge in [-0.2, -0.15) is 0 Å². The fourth-order valence-electron chi connectivity index (χ4n) is 2.37. The van der Waals surface area contributed by atoms with Gasteiger partial charge in [-0.15, -0.1) is 0 Å². The second-order valence-corrected chi connectivity index (χ2v) is 5.07. The first-order chi connectivity index (χ1) is 11.6. The van der Waals surface area contributed by atoms with Crippen molar-refractivity contribution < 1.29 is 14.5 Å². The summed E-state index contributed by atoms with van der Waals surface area (Å²) >= 11 is 0. The zero-order valence-electron chi connectivity index (χ0n) is 12.6. The number of non-ortho nitro benzene ring substituents is 1. The van der Waals surface area contributed by atoms with Gasteiger partial charge < -0.3 is 4.74 Å². The molecule has 0 amide bonds. The van der Waals surface area contributed by atoms with Crippen LogP contribution in [0.1, 0.15) is 10.4 Å². The van der Waals surface area contributed by atoms with Gasteiger partial charge in [-0.25, -0.2) is 0 Å². The molecule has 0 aliphatic heterocycles. The van der Waals surface area contributed by atoms with Crippen molar-refractivity contribution >= 4 is 22.2 Å². The van der Waals surface area contributed by atoms with Crippen molar-refractivity contribution in [2.45, 2.75) is 0 Å². The molecule has 0 aliphatic rings. The summed E-state index contributed by atoms with van der Waals surface area (Å²) in [5.41, 5.74) is 0.508. The number of ether oxygens (including phenoxy) is 1. The number of hydrogen-bond acceptors (Lipinski definition) is 4. The van der Waals surface area contributed by atoms with Crippen LogP contribution in [0.2, 0.25) is 0 Å². The minimum atomic E-state index is -0.502. The minimum Gasteiger partial charge on any atom is -0.465 e. The van der Waals surface area contributed by atoms with Crippen molar-refractivity contribution in [3.63, 3.8) is 0 Å². The SMILES string of the molecule is O=C(C=COc1cccc([N+](=O)[O-])c1)c1cccc2ccccc12. The third-order valence-electron chi connectivity index (χ3n) is 3.51. The lowest BCUT2D eigenvalue weighted by Crippen LogP contribution is -1.96. The van der Waals surface area contributed by atoms with Crippen LogP contribution in [0.15, 0.2) is 79.1 Å². The third-order valence-corrected chi connectivity index (χ3v) is 3.51. The number of fused-ring (bicyclic) bond motifs is 1. The Labute approximate surface area is 138 Å². The molecular weight excluding hydrogens is 306 g/mol. The van der Waals surface area contributed by atoms with Crippen molar-refractivity contribution in [1.82, 2.24) is 0 Å². The quantitative estimate of drug-likeness (QED) is 0.228. The highest BCUT2D eigenvalue weighted by Gasteiger charge is 2.08. The molecule has 0 heterocycles. The number of allylic oxidation sites excluding steroid dienone is 1. The molecule has 0 fully saturated rings. The molecule has 0 saturated carbocycles. The maximum Gasteiger partial charge on any atom is 0.273 e. The number of carbonyl (C=O) groups is 1. The largest absolute Gasteiger partial charge is 0.465 e. The number of hydrogen-bond donors (Lipinski definition) is 0. The molecule has 0 unspecified atom stereocenters. The Morgan fingerprint density at radius 1 is 1.00 bits per heavy atom. The first-order valence-corrected chi connectivity index (χ1v) is 7.25. The van der Waals surface area contributed by atoms with Gasteiger partial charge in [0.05, 0.1) is 17.3 Å². The molecule has 5 nitrogen and oxygen atoms in total. The van der Waals surface area contributed by atoms with E-state index in [4.69, 9.17) is 4.74 Å². The Kier molecular flexibility index (Phi) is 4.34. The van der Waals surface area contributed by atoms with E-state index >= 15 is 0 Å². The average Bonchev–Trinajstić information content (AvgIpc) is 2.61. The summed E-state index contributed by atoms with van der Waals surface area (Å²) in [5.74, 6) is 0.100. The number of nitro benzene ring substituents is 1. The highest BCUT2D eigenvalue weighted by atomic mass is 16.6. The van der Waals surface area contributed by atoms with E-state index < -0.39 is 4.92 Å². The van der Waals surface area contributed by atoms with E-state index in [0.717, 1.165) is 10.8 Å². The summed E-state index contributed by atoms with van der Waals surface area (Å²) in [7, 11) is 0. The fourth-order valence-corrected chi connectivity index (χ4v) is 2.37. The van der Waals surface area contributed by atoms with Crippen LogP contribution in [0, 0.1) is 10.1 Å². The van der Waals surface area contributed by atoms with Gasteiger partial charge in [-0.3, -0.25) is 14.9 Å². The van der Waals surface area contributed by atoms with Gasteiger partial charge in [0.2, 0.25) is 0 Å². The summed E-state index contributed by atoms with van der Waals surface area (Å²) in [4.78, 5) is 22.6. The van der Waals surface area contributed by atoms with Crippen molar-refractivity contribution in [3.8, 4) is 5.75 Å². The zero-order chi connectivity index (χ0) is 16.9. The van der Waals surface area contributed by atoms with Gasteiger partial charge in [0, 0.05) is 17.7 Å². The highest BCUT2D eigenvalue weighted by Crippen LogP contribution is 2.21. The van der Waals surface area contributed by atoms with Crippen molar-refractivity contribution in [1.29, 1.82) is 0 Å². The number of nitrogens with zero attached hydrogens (tertiary/aromatic N) is 1. The normalized spacial score (nSPS) is 10.8. The lowest BCUT2D eigenvalue weighted by atomic mass is 10.0. The van der Waals surface area contributed by atoms with Crippen LogP contribution in [-0.2, 0) is 0 Å². The first-order valence-electron chi connectivity index (χ1n) is 7.25. The molecule has 0 N–H and O–H groups in total. The predicted octanol–water partition coefficient (Wildman–Crippen LogP) is 4.52. The Hall–Kier alpha value is -3.47. The average molecular weight is 319 g/mol. The molecular formula is C19H13NO4. The second-order valence-electron chi connectivity index (χ2n) is 5.07. The third kappa shape index (κ3) is 3.30. The topological polar surface area (TPSA) is 69.4 Å². The van der Waals surface area contributed by atoms with Crippen LogP contribution in [0.4, 0.5) is 5.69 Å². The van der Waals surface area contributed by atoms with E-state index in [1.165, 1.54) is 30.5 Å². The molecule has 0 spiro atoms. The van der Waals surface area contributed by atoms with E-state index in [0.29, 0.717) is 11.3 Å². The standard InChI is InChI=1S/C19H13NO4/c21-19(18-10-3-6-14-5-1-2-9-17(14)18)11-12-24-16-8-4-7-15(13-16)20(22)23/h1-13H. The fraction of sp³-hybridized carbons (Fsp3) is 0. The Balaban J connectivity index is 1.78. The van der Waals surface area contributed by atoms with Crippen LogP contribution >= 0.6 is 0 Å².